The molecule has 0 heterocycles. The maximum absolute atomic E-state index is 13.8. The van der Waals surface area contributed by atoms with E-state index in [-0.39, 0.29) is 12.8 Å². The van der Waals surface area contributed by atoms with Crippen LogP contribution in [0.5, 0.6) is 0 Å². The summed E-state index contributed by atoms with van der Waals surface area (Å²) in [6.07, 6.45) is 0.199. The highest BCUT2D eigenvalue weighted by Crippen LogP contribution is 2.25. The predicted octanol–water partition coefficient (Wildman–Crippen LogP) is 4.83. The molecule has 0 bridgehead atoms. The molecular weight excluding hydrogens is 338 g/mol. The molecule has 1 rings (SSSR count). The quantitative estimate of drug-likeness (QED) is 0.159. The molecule has 0 saturated heterocycles. The Labute approximate surface area is 134 Å². The van der Waals surface area contributed by atoms with Gasteiger partial charge >= 0.3 is 0 Å². The summed E-state index contributed by atoms with van der Waals surface area (Å²) in [7, 11) is 0. The van der Waals surface area contributed by atoms with Crippen LogP contribution in [0.15, 0.2) is 0 Å². The van der Waals surface area contributed by atoms with E-state index in [1.165, 1.54) is 0 Å². The average Bonchev–Trinajstić information content (AvgIpc) is 2.57. The van der Waals surface area contributed by atoms with Gasteiger partial charge in [-0.25, -0.2) is 26.3 Å². The maximum atomic E-state index is 13.8. The van der Waals surface area contributed by atoms with Crippen LogP contribution in [0.1, 0.15) is 55.8 Å². The Kier molecular flexibility index (Phi) is 7.44. The number of hydrogen-bond acceptors (Lipinski definition) is 2. The summed E-state index contributed by atoms with van der Waals surface area (Å²) in [5.74, 6) is -15.4. The van der Waals surface area contributed by atoms with Gasteiger partial charge < -0.3 is 0 Å². The molecule has 1 atom stereocenters. The lowest BCUT2D eigenvalue weighted by Crippen LogP contribution is -2.28. The summed E-state index contributed by atoms with van der Waals surface area (Å²) in [6.45, 7) is 1.96. The van der Waals surface area contributed by atoms with Crippen molar-refractivity contribution in [3.05, 3.63) is 34.6 Å². The van der Waals surface area contributed by atoms with E-state index in [0.717, 1.165) is 19.3 Å². The Bertz CT molecular complexity index is 600. The van der Waals surface area contributed by atoms with Crippen LogP contribution in [0.25, 0.3) is 0 Å². The molecule has 0 N–H and O–H groups in total. The van der Waals surface area contributed by atoms with Crippen molar-refractivity contribution in [1.82, 2.24) is 0 Å². The summed E-state index contributed by atoms with van der Waals surface area (Å²) < 4.78 is 79.6. The second-order valence-electron chi connectivity index (χ2n) is 5.30. The van der Waals surface area contributed by atoms with E-state index in [1.54, 1.807) is 0 Å². The molecule has 1 unspecified atom stereocenters. The van der Waals surface area contributed by atoms with Gasteiger partial charge in [-0.15, -0.1) is 0 Å². The van der Waals surface area contributed by atoms with Crippen LogP contribution >= 0.6 is 0 Å². The molecule has 0 aliphatic carbocycles. The number of carbonyl (C=O) groups is 2. The van der Waals surface area contributed by atoms with Gasteiger partial charge in [-0.2, -0.15) is 0 Å². The molecule has 1 aromatic carbocycles. The molecule has 0 radical (unpaired) electrons. The minimum atomic E-state index is -2.97. The van der Waals surface area contributed by atoms with E-state index in [0.29, 0.717) is 6.42 Å². The van der Waals surface area contributed by atoms with Gasteiger partial charge in [0.2, 0.25) is 17.8 Å². The van der Waals surface area contributed by atoms with Crippen LogP contribution in [0.4, 0.5) is 26.3 Å². The summed E-state index contributed by atoms with van der Waals surface area (Å²) in [5.41, 5.74) is -1.93. The number of halogens is 6. The van der Waals surface area contributed by atoms with Crippen LogP contribution in [0, 0.1) is 29.1 Å². The van der Waals surface area contributed by atoms with Gasteiger partial charge in [-0.1, -0.05) is 32.6 Å². The second-order valence-corrected chi connectivity index (χ2v) is 5.30. The summed E-state index contributed by atoms with van der Waals surface area (Å²) in [6, 6.07) is 0. The van der Waals surface area contributed by atoms with E-state index in [2.05, 4.69) is 0 Å². The monoisotopic (exact) mass is 354 g/mol. The van der Waals surface area contributed by atoms with E-state index in [1.807, 2.05) is 6.92 Å². The van der Waals surface area contributed by atoms with Crippen molar-refractivity contribution in [2.24, 2.45) is 0 Å². The lowest BCUT2D eigenvalue weighted by atomic mass is 9.99. The lowest BCUT2D eigenvalue weighted by Gasteiger charge is -2.10. The highest BCUT2D eigenvalue weighted by atomic mass is 19.2. The van der Waals surface area contributed by atoms with Crippen molar-refractivity contribution in [3.63, 3.8) is 0 Å². The van der Waals surface area contributed by atoms with Gasteiger partial charge in [0, 0.05) is 6.42 Å². The van der Waals surface area contributed by atoms with Gasteiger partial charge in [0.25, 0.3) is 0 Å². The van der Waals surface area contributed by atoms with Gasteiger partial charge in [0.05, 0.1) is 5.56 Å². The molecule has 0 aliphatic rings. The number of rotatable bonds is 9. The van der Waals surface area contributed by atoms with Crippen molar-refractivity contribution in [3.8, 4) is 0 Å². The van der Waals surface area contributed by atoms with Crippen molar-refractivity contribution in [2.45, 2.75) is 51.6 Å². The van der Waals surface area contributed by atoms with Gasteiger partial charge in [0.15, 0.2) is 29.1 Å². The highest BCUT2D eigenvalue weighted by Gasteiger charge is 2.35. The first kappa shape index (κ1) is 20.2. The first-order chi connectivity index (χ1) is 11.2. The maximum Gasteiger partial charge on any atom is 0.221 e. The third kappa shape index (κ3) is 4.36. The summed E-state index contributed by atoms with van der Waals surface area (Å²) >= 11 is 0. The predicted molar refractivity (Wildman–Crippen MR) is 73.8 cm³/mol. The summed E-state index contributed by atoms with van der Waals surface area (Å²) in [4.78, 5) is 23.2. The molecule has 0 aromatic heterocycles. The topological polar surface area (TPSA) is 34.1 Å². The average molecular weight is 354 g/mol. The zero-order chi connectivity index (χ0) is 18.4. The Morgan fingerprint density at radius 3 is 1.75 bits per heavy atom. The van der Waals surface area contributed by atoms with Crippen molar-refractivity contribution >= 4 is 11.6 Å². The fraction of sp³-hybridized carbons (Fsp3) is 0.500. The molecule has 0 aliphatic heterocycles. The summed E-state index contributed by atoms with van der Waals surface area (Å²) in [5, 5.41) is 0. The number of Topliss-reactive ketones (excluding diaryl/α,β-unsaturated/α-hetero) is 2. The van der Waals surface area contributed by atoms with E-state index in [9.17, 15) is 35.9 Å². The second kappa shape index (κ2) is 8.84. The van der Waals surface area contributed by atoms with Crippen LogP contribution in [-0.2, 0) is 4.79 Å². The van der Waals surface area contributed by atoms with Gasteiger partial charge in [0.1, 0.15) is 0 Å². The third-order valence-electron chi connectivity index (χ3n) is 3.50. The zero-order valence-corrected chi connectivity index (χ0v) is 12.9. The number of hydrogen-bond donors (Lipinski definition) is 0. The molecular formula is C16H16F6O2. The van der Waals surface area contributed by atoms with E-state index < -0.39 is 52.4 Å². The smallest absolute Gasteiger partial charge is 0.221 e. The van der Waals surface area contributed by atoms with Crippen molar-refractivity contribution < 1.29 is 35.9 Å². The molecule has 134 valence electrons. The number of ketones is 2. The number of benzene rings is 1. The SMILES string of the molecule is CCCCCCCC(=O)C(F)C(=O)c1c(F)c(F)c(F)c(F)c1F. The Hall–Kier alpha value is -1.86. The fourth-order valence-electron chi connectivity index (χ4n) is 2.12. The van der Waals surface area contributed by atoms with E-state index >= 15 is 0 Å². The lowest BCUT2D eigenvalue weighted by molar-refractivity contribution is -0.122. The van der Waals surface area contributed by atoms with E-state index in [4.69, 9.17) is 0 Å². The van der Waals surface area contributed by atoms with Crippen molar-refractivity contribution in [1.29, 1.82) is 0 Å². The van der Waals surface area contributed by atoms with Crippen LogP contribution in [0.2, 0.25) is 0 Å². The molecule has 0 fully saturated rings. The zero-order valence-electron chi connectivity index (χ0n) is 12.9. The molecule has 0 amide bonds. The van der Waals surface area contributed by atoms with Crippen LogP contribution in [-0.4, -0.2) is 17.7 Å². The van der Waals surface area contributed by atoms with Gasteiger partial charge in [-0.3, -0.25) is 9.59 Å². The van der Waals surface area contributed by atoms with Crippen molar-refractivity contribution in [2.75, 3.05) is 0 Å². The standard InChI is InChI=1S/C16H16F6O2/c1-2-3-4-5-6-7-8(23)10(17)16(24)9-11(18)13(20)15(22)14(21)12(9)19/h10H,2-7H2,1H3. The molecule has 2 nitrogen and oxygen atoms in total. The number of carbonyl (C=O) groups excluding carboxylic acids is 2. The molecule has 1 aromatic rings. The largest absolute Gasteiger partial charge is 0.296 e. The van der Waals surface area contributed by atoms with Crippen LogP contribution in [0.3, 0.4) is 0 Å². The molecule has 0 spiro atoms. The fourth-order valence-corrected chi connectivity index (χ4v) is 2.12. The number of alkyl halides is 1. The molecule has 24 heavy (non-hydrogen) atoms. The van der Waals surface area contributed by atoms with Gasteiger partial charge in [-0.05, 0) is 6.42 Å². The molecule has 8 heteroatoms. The minimum Gasteiger partial charge on any atom is -0.296 e. The Morgan fingerprint density at radius 2 is 1.25 bits per heavy atom. The first-order valence-corrected chi connectivity index (χ1v) is 7.46. The Balaban J connectivity index is 2.88. The normalized spacial score (nSPS) is 12.3. The highest BCUT2D eigenvalue weighted by molar-refractivity contribution is 6.13. The minimum absolute atomic E-state index is 0.267. The number of unbranched alkanes of at least 4 members (excludes halogenated alkanes) is 4. The van der Waals surface area contributed by atoms with Crippen LogP contribution < -0.4 is 0 Å². The Morgan fingerprint density at radius 1 is 0.792 bits per heavy atom. The molecule has 0 saturated carbocycles. The first-order valence-electron chi connectivity index (χ1n) is 7.46. The third-order valence-corrected chi connectivity index (χ3v) is 3.50.